The van der Waals surface area contributed by atoms with Crippen molar-refractivity contribution in [1.82, 2.24) is 19.8 Å². The number of carboxylic acid groups (broad SMARTS) is 1. The number of likely N-dealkylation sites (tertiary alicyclic amines) is 1. The number of carbonyl (C=O) groups is 3. The van der Waals surface area contributed by atoms with Gasteiger partial charge in [0.05, 0.1) is 30.2 Å². The van der Waals surface area contributed by atoms with E-state index in [9.17, 15) is 22.8 Å². The summed E-state index contributed by atoms with van der Waals surface area (Å²) in [6.07, 6.45) is 4.95. The molecule has 2 fully saturated rings. The van der Waals surface area contributed by atoms with E-state index in [0.29, 0.717) is 22.5 Å². The van der Waals surface area contributed by atoms with Crippen LogP contribution in [0.25, 0.3) is 22.2 Å². The van der Waals surface area contributed by atoms with Crippen molar-refractivity contribution >= 4 is 50.2 Å². The third-order valence-corrected chi connectivity index (χ3v) is 11.1. The molecule has 4 heterocycles. The summed E-state index contributed by atoms with van der Waals surface area (Å²) in [5.41, 5.74) is 1.40. The van der Waals surface area contributed by atoms with E-state index in [1.165, 1.54) is 13.1 Å². The van der Waals surface area contributed by atoms with Crippen molar-refractivity contribution in [2.75, 3.05) is 74.3 Å². The van der Waals surface area contributed by atoms with Crippen LogP contribution in [0.4, 0.5) is 20.2 Å². The van der Waals surface area contributed by atoms with Crippen molar-refractivity contribution in [3.63, 3.8) is 0 Å². The molecule has 2 aliphatic heterocycles. The molecule has 0 spiro atoms. The SMILES string of the molecule is CC(=O)OCCCS(=O)(=O)Nc1ccc(F)c(C(=O)c2c[nH]c3ncc(-c4ccc(N5CCN(CC6CCN(CC(=O)O)CC6)CC5)cc4)cc23)c1F. The number of piperidine rings is 1. The first kappa shape index (κ1) is 37.8. The number of fused-ring (bicyclic) bond motifs is 1. The van der Waals surface area contributed by atoms with Gasteiger partial charge in [-0.05, 0) is 74.2 Å². The molecule has 0 atom stereocenters. The van der Waals surface area contributed by atoms with E-state index in [-0.39, 0.29) is 25.1 Å². The minimum Gasteiger partial charge on any atom is -0.480 e. The van der Waals surface area contributed by atoms with Gasteiger partial charge >= 0.3 is 11.9 Å². The number of sulfonamides is 1. The van der Waals surface area contributed by atoms with Crippen molar-refractivity contribution in [3.8, 4) is 11.1 Å². The molecular formula is C37H42F2N6O7S. The molecule has 0 bridgehead atoms. The molecule has 282 valence electrons. The number of hydrogen-bond donors (Lipinski definition) is 3. The number of aliphatic carboxylic acids is 1. The van der Waals surface area contributed by atoms with Crippen molar-refractivity contribution in [2.45, 2.75) is 26.2 Å². The predicted octanol–water partition coefficient (Wildman–Crippen LogP) is 4.35. The van der Waals surface area contributed by atoms with Gasteiger partial charge in [-0.1, -0.05) is 12.1 Å². The number of aromatic nitrogens is 2. The third kappa shape index (κ3) is 9.36. The average Bonchev–Trinajstić information content (AvgIpc) is 3.56. The number of nitrogens with zero attached hydrogens (tertiary/aromatic N) is 4. The average molecular weight is 753 g/mol. The van der Waals surface area contributed by atoms with Gasteiger partial charge in [-0.15, -0.1) is 0 Å². The minimum atomic E-state index is -4.11. The maximum Gasteiger partial charge on any atom is 0.317 e. The van der Waals surface area contributed by atoms with Crippen LogP contribution >= 0.6 is 0 Å². The summed E-state index contributed by atoms with van der Waals surface area (Å²) < 4.78 is 62.5. The first-order valence-corrected chi connectivity index (χ1v) is 19.2. The van der Waals surface area contributed by atoms with Gasteiger partial charge in [0.25, 0.3) is 0 Å². The molecule has 0 radical (unpaired) electrons. The Bertz CT molecular complexity index is 2080. The molecule has 0 amide bonds. The maximum absolute atomic E-state index is 15.6. The number of carboxylic acids is 1. The highest BCUT2D eigenvalue weighted by atomic mass is 32.2. The highest BCUT2D eigenvalue weighted by Crippen LogP contribution is 2.31. The number of hydrogen-bond acceptors (Lipinski definition) is 10. The van der Waals surface area contributed by atoms with Crippen molar-refractivity contribution in [1.29, 1.82) is 0 Å². The van der Waals surface area contributed by atoms with Gasteiger partial charge in [-0.25, -0.2) is 22.2 Å². The number of halogens is 2. The number of anilines is 2. The van der Waals surface area contributed by atoms with E-state index in [2.05, 4.69) is 24.5 Å². The number of rotatable bonds is 14. The molecule has 3 N–H and O–H groups in total. The molecule has 4 aromatic rings. The van der Waals surface area contributed by atoms with E-state index < -0.39 is 56.4 Å². The second-order valence-corrected chi connectivity index (χ2v) is 15.3. The summed E-state index contributed by atoms with van der Waals surface area (Å²) in [4.78, 5) is 49.7. The molecule has 2 aliphatic rings. The molecule has 2 aromatic heterocycles. The highest BCUT2D eigenvalue weighted by molar-refractivity contribution is 7.92. The van der Waals surface area contributed by atoms with Crippen LogP contribution in [0, 0.1) is 17.6 Å². The Morgan fingerprint density at radius 3 is 2.38 bits per heavy atom. The van der Waals surface area contributed by atoms with Crippen LogP contribution < -0.4 is 9.62 Å². The van der Waals surface area contributed by atoms with Crippen LogP contribution in [0.5, 0.6) is 0 Å². The monoisotopic (exact) mass is 752 g/mol. The largest absolute Gasteiger partial charge is 0.480 e. The fourth-order valence-corrected chi connectivity index (χ4v) is 8.04. The van der Waals surface area contributed by atoms with Crippen LogP contribution in [-0.4, -0.2) is 116 Å². The molecule has 16 heteroatoms. The van der Waals surface area contributed by atoms with Crippen molar-refractivity contribution in [3.05, 3.63) is 77.6 Å². The lowest BCUT2D eigenvalue weighted by molar-refractivity contribution is -0.141. The molecule has 53 heavy (non-hydrogen) atoms. The molecular weight excluding hydrogens is 711 g/mol. The predicted molar refractivity (Wildman–Crippen MR) is 195 cm³/mol. The van der Waals surface area contributed by atoms with Gasteiger partial charge in [-0.3, -0.25) is 28.9 Å². The van der Waals surface area contributed by atoms with E-state index in [1.807, 2.05) is 29.2 Å². The summed E-state index contributed by atoms with van der Waals surface area (Å²) in [5, 5.41) is 9.38. The standard InChI is InChI=1S/C37H42F2N6O7S/c1-24(46)52-17-2-18-53(50,51)42-32-8-7-31(38)34(35(32)39)36(49)30-21-41-37-29(30)19-27(20-40-37)26-3-5-28(6-4-26)45-15-13-44(14-16-45)22-25-9-11-43(12-10-25)23-33(47)48/h3-8,19-21,25,42H,2,9-18,22-23H2,1H3,(H,40,41)(H,47,48). The Labute approximate surface area is 306 Å². The fourth-order valence-electron chi connectivity index (χ4n) is 6.94. The Morgan fingerprint density at radius 2 is 1.70 bits per heavy atom. The van der Waals surface area contributed by atoms with Gasteiger partial charge < -0.3 is 19.7 Å². The fraction of sp³-hybridized carbons (Fsp3) is 0.405. The number of piperazine rings is 1. The second kappa shape index (κ2) is 16.4. The lowest BCUT2D eigenvalue weighted by Gasteiger charge is -2.39. The minimum absolute atomic E-state index is 0.0335. The van der Waals surface area contributed by atoms with Gasteiger partial charge in [0.15, 0.2) is 5.82 Å². The smallest absolute Gasteiger partial charge is 0.317 e. The zero-order valence-corrected chi connectivity index (χ0v) is 30.1. The lowest BCUT2D eigenvalue weighted by atomic mass is 9.96. The molecule has 2 saturated heterocycles. The number of carbonyl (C=O) groups excluding carboxylic acids is 2. The number of ether oxygens (including phenoxy) is 1. The molecule has 0 aliphatic carbocycles. The van der Waals surface area contributed by atoms with Crippen molar-refractivity contribution < 1.29 is 41.4 Å². The normalized spacial score (nSPS) is 16.2. The summed E-state index contributed by atoms with van der Waals surface area (Å²) in [6.45, 7) is 7.47. The number of H-pyrrole nitrogens is 1. The van der Waals surface area contributed by atoms with Gasteiger partial charge in [-0.2, -0.15) is 0 Å². The van der Waals surface area contributed by atoms with Crippen molar-refractivity contribution in [2.24, 2.45) is 5.92 Å². The summed E-state index contributed by atoms with van der Waals surface area (Å²) in [7, 11) is -4.11. The van der Waals surface area contributed by atoms with Gasteiger partial charge in [0.2, 0.25) is 15.8 Å². The molecule has 0 unspecified atom stereocenters. The van der Waals surface area contributed by atoms with Crippen LogP contribution in [0.2, 0.25) is 0 Å². The molecule has 13 nitrogen and oxygen atoms in total. The Balaban J connectivity index is 1.10. The summed E-state index contributed by atoms with van der Waals surface area (Å²) >= 11 is 0. The lowest BCUT2D eigenvalue weighted by Crippen LogP contribution is -2.49. The topological polar surface area (TPSA) is 165 Å². The number of pyridine rings is 1. The zero-order valence-electron chi connectivity index (χ0n) is 29.3. The summed E-state index contributed by atoms with van der Waals surface area (Å²) in [5.74, 6) is -4.75. The van der Waals surface area contributed by atoms with Crippen LogP contribution in [0.3, 0.4) is 0 Å². The number of esters is 1. The van der Waals surface area contributed by atoms with E-state index in [1.54, 1.807) is 12.3 Å². The quantitative estimate of drug-likeness (QED) is 0.0953. The number of nitrogens with one attached hydrogen (secondary N) is 2. The second-order valence-electron chi connectivity index (χ2n) is 13.5. The first-order valence-electron chi connectivity index (χ1n) is 17.5. The van der Waals surface area contributed by atoms with Gasteiger partial charge in [0, 0.05) is 74.2 Å². The number of ketones is 1. The molecule has 6 rings (SSSR count). The third-order valence-electron chi connectivity index (χ3n) is 9.74. The Morgan fingerprint density at radius 1 is 0.981 bits per heavy atom. The van der Waals surface area contributed by atoms with E-state index >= 15 is 8.78 Å². The number of benzene rings is 2. The Hall–Kier alpha value is -4.93. The van der Waals surface area contributed by atoms with Crippen LogP contribution in [0.15, 0.2) is 54.9 Å². The van der Waals surface area contributed by atoms with E-state index in [0.717, 1.165) is 82.0 Å². The zero-order chi connectivity index (χ0) is 37.7. The molecule has 2 aromatic carbocycles. The van der Waals surface area contributed by atoms with Crippen LogP contribution in [0.1, 0.15) is 42.1 Å². The van der Waals surface area contributed by atoms with Gasteiger partial charge in [0.1, 0.15) is 11.5 Å². The highest BCUT2D eigenvalue weighted by Gasteiger charge is 2.27. The van der Waals surface area contributed by atoms with Crippen LogP contribution in [-0.2, 0) is 24.3 Å². The Kier molecular flexibility index (Phi) is 11.7. The number of aromatic amines is 1. The maximum atomic E-state index is 15.6. The first-order chi connectivity index (χ1) is 25.4. The summed E-state index contributed by atoms with van der Waals surface area (Å²) in [6, 6.07) is 11.4. The van der Waals surface area contributed by atoms with E-state index in [4.69, 9.17) is 9.84 Å². The molecule has 0 saturated carbocycles.